The van der Waals surface area contributed by atoms with Gasteiger partial charge in [0.1, 0.15) is 0 Å². The molecule has 1 aromatic heterocycles. The molecular weight excluding hydrogens is 340 g/mol. The number of benzene rings is 1. The summed E-state index contributed by atoms with van der Waals surface area (Å²) in [7, 11) is 0. The third kappa shape index (κ3) is 3.41. The monoisotopic (exact) mass is 358 g/mol. The van der Waals surface area contributed by atoms with Gasteiger partial charge >= 0.3 is 5.97 Å². The van der Waals surface area contributed by atoms with Crippen LogP contribution in [-0.2, 0) is 4.79 Å². The summed E-state index contributed by atoms with van der Waals surface area (Å²) in [5, 5.41) is 13.9. The molecule has 2 amide bonds. The lowest BCUT2D eigenvalue weighted by Crippen LogP contribution is -2.35. The molecule has 1 aliphatic heterocycles. The van der Waals surface area contributed by atoms with E-state index < -0.39 is 11.4 Å². The topological polar surface area (TPSA) is 86.7 Å². The van der Waals surface area contributed by atoms with E-state index in [0.717, 1.165) is 0 Å². The van der Waals surface area contributed by atoms with Gasteiger partial charge in [0, 0.05) is 13.1 Å². The summed E-state index contributed by atoms with van der Waals surface area (Å²) < 4.78 is 0. The lowest BCUT2D eigenvalue weighted by molar-refractivity contribution is -0.147. The van der Waals surface area contributed by atoms with E-state index in [0.29, 0.717) is 29.1 Å². The van der Waals surface area contributed by atoms with Crippen LogP contribution in [0.25, 0.3) is 0 Å². The molecule has 1 aliphatic rings. The first-order valence-electron chi connectivity index (χ1n) is 7.87. The van der Waals surface area contributed by atoms with Gasteiger partial charge in [0.05, 0.1) is 21.5 Å². The standard InChI is InChI=1S/C18H18N2O4S/c1-18(17(23)24)8-9-20(11-18)16(22)12-5-2-3-6-13(12)19-15(21)14-7-4-10-25-14/h2-7,10H,8-9,11H2,1H3,(H,19,21)(H,23,24). The molecule has 0 spiro atoms. The van der Waals surface area contributed by atoms with Crippen molar-refractivity contribution in [3.63, 3.8) is 0 Å². The van der Waals surface area contributed by atoms with E-state index in [1.807, 2.05) is 5.38 Å². The highest BCUT2D eigenvalue weighted by molar-refractivity contribution is 7.12. The largest absolute Gasteiger partial charge is 0.481 e. The zero-order valence-corrected chi connectivity index (χ0v) is 14.5. The van der Waals surface area contributed by atoms with E-state index in [4.69, 9.17) is 0 Å². The molecule has 7 heteroatoms. The van der Waals surface area contributed by atoms with Gasteiger partial charge < -0.3 is 15.3 Å². The van der Waals surface area contributed by atoms with Crippen molar-refractivity contribution in [3.05, 3.63) is 52.2 Å². The molecule has 2 N–H and O–H groups in total. The average molecular weight is 358 g/mol. The first-order valence-corrected chi connectivity index (χ1v) is 8.75. The third-order valence-electron chi connectivity index (χ3n) is 4.43. The second-order valence-electron chi connectivity index (χ2n) is 6.32. The lowest BCUT2D eigenvalue weighted by atomic mass is 9.90. The number of para-hydroxylation sites is 1. The maximum atomic E-state index is 12.8. The van der Waals surface area contributed by atoms with Crippen LogP contribution in [0.2, 0.25) is 0 Å². The van der Waals surface area contributed by atoms with E-state index in [1.54, 1.807) is 43.3 Å². The molecule has 0 saturated carbocycles. The van der Waals surface area contributed by atoms with Crippen molar-refractivity contribution in [3.8, 4) is 0 Å². The van der Waals surface area contributed by atoms with Gasteiger partial charge in [0.15, 0.2) is 0 Å². The van der Waals surface area contributed by atoms with Crippen LogP contribution >= 0.6 is 11.3 Å². The van der Waals surface area contributed by atoms with Crippen molar-refractivity contribution in [2.45, 2.75) is 13.3 Å². The lowest BCUT2D eigenvalue weighted by Gasteiger charge is -2.21. The maximum absolute atomic E-state index is 12.8. The Hall–Kier alpha value is -2.67. The minimum atomic E-state index is -0.926. The van der Waals surface area contributed by atoms with Crippen molar-refractivity contribution < 1.29 is 19.5 Å². The second kappa shape index (κ2) is 6.68. The van der Waals surface area contributed by atoms with Gasteiger partial charge in [0.25, 0.3) is 11.8 Å². The number of carbonyl (C=O) groups excluding carboxylic acids is 2. The predicted octanol–water partition coefficient (Wildman–Crippen LogP) is 2.94. The van der Waals surface area contributed by atoms with E-state index >= 15 is 0 Å². The minimum absolute atomic E-state index is 0.161. The van der Waals surface area contributed by atoms with Crippen LogP contribution in [0.3, 0.4) is 0 Å². The molecule has 0 radical (unpaired) electrons. The molecule has 25 heavy (non-hydrogen) atoms. The smallest absolute Gasteiger partial charge is 0.311 e. The van der Waals surface area contributed by atoms with Crippen LogP contribution in [0, 0.1) is 5.41 Å². The number of nitrogens with zero attached hydrogens (tertiary/aromatic N) is 1. The SMILES string of the molecule is CC1(C(=O)O)CCN(C(=O)c2ccccc2NC(=O)c2cccs2)C1. The molecule has 1 fully saturated rings. The van der Waals surface area contributed by atoms with Crippen LogP contribution < -0.4 is 5.32 Å². The Balaban J connectivity index is 1.80. The van der Waals surface area contributed by atoms with Crippen LogP contribution in [0.5, 0.6) is 0 Å². The number of thiophene rings is 1. The van der Waals surface area contributed by atoms with Crippen LogP contribution in [0.4, 0.5) is 5.69 Å². The number of likely N-dealkylation sites (tertiary alicyclic amines) is 1. The molecule has 2 aromatic rings. The highest BCUT2D eigenvalue weighted by Gasteiger charge is 2.42. The van der Waals surface area contributed by atoms with Gasteiger partial charge in [-0.25, -0.2) is 0 Å². The molecule has 6 nitrogen and oxygen atoms in total. The van der Waals surface area contributed by atoms with Crippen molar-refractivity contribution in [2.75, 3.05) is 18.4 Å². The number of hydrogen-bond acceptors (Lipinski definition) is 4. The first-order chi connectivity index (χ1) is 11.9. The number of carbonyl (C=O) groups is 3. The molecule has 0 bridgehead atoms. The molecule has 130 valence electrons. The Morgan fingerprint density at radius 1 is 1.20 bits per heavy atom. The van der Waals surface area contributed by atoms with E-state index in [2.05, 4.69) is 5.32 Å². The molecule has 1 unspecified atom stereocenters. The zero-order chi connectivity index (χ0) is 18.0. The molecule has 1 aromatic carbocycles. The number of aliphatic carboxylic acids is 1. The fourth-order valence-corrected chi connectivity index (χ4v) is 3.47. The predicted molar refractivity (Wildman–Crippen MR) is 95.0 cm³/mol. The Morgan fingerprint density at radius 2 is 1.96 bits per heavy atom. The fraction of sp³-hybridized carbons (Fsp3) is 0.278. The molecule has 3 rings (SSSR count). The van der Waals surface area contributed by atoms with Gasteiger partial charge in [-0.1, -0.05) is 18.2 Å². The highest BCUT2D eigenvalue weighted by Crippen LogP contribution is 2.32. The number of carboxylic acid groups (broad SMARTS) is 1. The number of nitrogens with one attached hydrogen (secondary N) is 1. The zero-order valence-electron chi connectivity index (χ0n) is 13.7. The Labute approximate surface area is 149 Å². The van der Waals surface area contributed by atoms with Gasteiger partial charge in [-0.2, -0.15) is 0 Å². The summed E-state index contributed by atoms with van der Waals surface area (Å²) in [6, 6.07) is 10.3. The van der Waals surface area contributed by atoms with Gasteiger partial charge in [-0.3, -0.25) is 14.4 Å². The van der Waals surface area contributed by atoms with Crippen LogP contribution in [0.1, 0.15) is 33.4 Å². The quantitative estimate of drug-likeness (QED) is 0.880. The van der Waals surface area contributed by atoms with Crippen molar-refractivity contribution in [1.29, 1.82) is 0 Å². The van der Waals surface area contributed by atoms with Crippen LogP contribution in [0.15, 0.2) is 41.8 Å². The Bertz CT molecular complexity index is 818. The fourth-order valence-electron chi connectivity index (χ4n) is 2.85. The maximum Gasteiger partial charge on any atom is 0.311 e. The van der Waals surface area contributed by atoms with Gasteiger partial charge in [0.2, 0.25) is 0 Å². The Kier molecular flexibility index (Phi) is 4.59. The van der Waals surface area contributed by atoms with Crippen molar-refractivity contribution >= 4 is 34.8 Å². The summed E-state index contributed by atoms with van der Waals surface area (Å²) in [5.74, 6) is -1.44. The highest BCUT2D eigenvalue weighted by atomic mass is 32.1. The number of rotatable bonds is 4. The molecular formula is C18H18N2O4S. The van der Waals surface area contributed by atoms with Gasteiger partial charge in [-0.05, 0) is 36.9 Å². The number of anilines is 1. The van der Waals surface area contributed by atoms with Gasteiger partial charge in [-0.15, -0.1) is 11.3 Å². The van der Waals surface area contributed by atoms with E-state index in [9.17, 15) is 19.5 Å². The summed E-state index contributed by atoms with van der Waals surface area (Å²) in [5.41, 5.74) is -0.137. The molecule has 1 saturated heterocycles. The third-order valence-corrected chi connectivity index (χ3v) is 5.30. The summed E-state index contributed by atoms with van der Waals surface area (Å²) in [6.45, 7) is 2.19. The first kappa shape index (κ1) is 17.2. The van der Waals surface area contributed by atoms with Crippen LogP contribution in [-0.4, -0.2) is 40.9 Å². The number of hydrogen-bond donors (Lipinski definition) is 2. The molecule has 1 atom stereocenters. The van der Waals surface area contributed by atoms with Crippen molar-refractivity contribution in [2.24, 2.45) is 5.41 Å². The van der Waals surface area contributed by atoms with E-state index in [-0.39, 0.29) is 18.4 Å². The molecule has 0 aliphatic carbocycles. The number of amides is 2. The summed E-state index contributed by atoms with van der Waals surface area (Å²) in [6.07, 6.45) is 0.414. The number of carboxylic acids is 1. The summed E-state index contributed by atoms with van der Waals surface area (Å²) in [4.78, 5) is 38.6. The summed E-state index contributed by atoms with van der Waals surface area (Å²) >= 11 is 1.32. The van der Waals surface area contributed by atoms with Crippen molar-refractivity contribution in [1.82, 2.24) is 4.90 Å². The normalized spacial score (nSPS) is 19.6. The second-order valence-corrected chi connectivity index (χ2v) is 7.27. The van der Waals surface area contributed by atoms with E-state index in [1.165, 1.54) is 16.2 Å². The minimum Gasteiger partial charge on any atom is -0.481 e. The average Bonchev–Trinajstić information content (AvgIpc) is 3.25. The molecule has 2 heterocycles. The Morgan fingerprint density at radius 3 is 2.60 bits per heavy atom.